The molecule has 0 saturated carbocycles. The smallest absolute Gasteiger partial charge is 0.109 e. The fourth-order valence-corrected chi connectivity index (χ4v) is 3.16. The Hall–Kier alpha value is -1.13. The Labute approximate surface area is 106 Å². The molecule has 3 nitrogen and oxygen atoms in total. The lowest BCUT2D eigenvalue weighted by Gasteiger charge is -2.19. The minimum atomic E-state index is 0.235. The van der Waals surface area contributed by atoms with Gasteiger partial charge in [0, 0.05) is 30.2 Å². The van der Waals surface area contributed by atoms with E-state index in [1.807, 2.05) is 12.4 Å². The molecule has 0 spiro atoms. The Morgan fingerprint density at radius 2 is 2.35 bits per heavy atom. The van der Waals surface area contributed by atoms with Crippen molar-refractivity contribution in [2.45, 2.75) is 32.7 Å². The van der Waals surface area contributed by atoms with E-state index >= 15 is 0 Å². The molecular formula is C13H19N3S. The molecule has 2 aromatic rings. The van der Waals surface area contributed by atoms with Crippen LogP contribution in [0.15, 0.2) is 23.8 Å². The first-order valence-corrected chi connectivity index (χ1v) is 6.91. The number of aromatic nitrogens is 2. The highest BCUT2D eigenvalue weighted by Gasteiger charge is 2.17. The van der Waals surface area contributed by atoms with E-state index in [0.29, 0.717) is 6.54 Å². The summed E-state index contributed by atoms with van der Waals surface area (Å²) in [5, 5.41) is 2.13. The molecule has 2 heterocycles. The first-order valence-electron chi connectivity index (χ1n) is 6.03. The van der Waals surface area contributed by atoms with E-state index in [1.165, 1.54) is 10.4 Å². The molecule has 17 heavy (non-hydrogen) atoms. The lowest BCUT2D eigenvalue weighted by atomic mass is 10.1. The monoisotopic (exact) mass is 249 g/mol. The maximum atomic E-state index is 5.95. The van der Waals surface area contributed by atoms with Gasteiger partial charge in [0.1, 0.15) is 5.82 Å². The minimum Gasteiger partial charge on any atom is -0.328 e. The molecular weight excluding hydrogens is 230 g/mol. The highest BCUT2D eigenvalue weighted by Crippen LogP contribution is 2.27. The number of rotatable bonds is 5. The van der Waals surface area contributed by atoms with Crippen molar-refractivity contribution in [1.29, 1.82) is 0 Å². The highest BCUT2D eigenvalue weighted by atomic mass is 32.1. The summed E-state index contributed by atoms with van der Waals surface area (Å²) in [7, 11) is 0. The molecule has 2 rings (SSSR count). The third-order valence-corrected chi connectivity index (χ3v) is 4.11. The molecule has 0 aliphatic carbocycles. The van der Waals surface area contributed by atoms with Gasteiger partial charge in [0.05, 0.1) is 6.04 Å². The number of imidazole rings is 1. The van der Waals surface area contributed by atoms with E-state index in [9.17, 15) is 0 Å². The van der Waals surface area contributed by atoms with Crippen LogP contribution in [0, 0.1) is 6.92 Å². The predicted molar refractivity (Wildman–Crippen MR) is 72.5 cm³/mol. The summed E-state index contributed by atoms with van der Waals surface area (Å²) in [4.78, 5) is 5.78. The van der Waals surface area contributed by atoms with Crippen LogP contribution in [-0.2, 0) is 6.42 Å². The van der Waals surface area contributed by atoms with Crippen molar-refractivity contribution in [1.82, 2.24) is 9.55 Å². The van der Waals surface area contributed by atoms with Gasteiger partial charge in [-0.15, -0.1) is 11.3 Å². The molecule has 0 aliphatic rings. The third kappa shape index (κ3) is 2.42. The largest absolute Gasteiger partial charge is 0.328 e. The van der Waals surface area contributed by atoms with E-state index in [2.05, 4.69) is 34.8 Å². The number of nitrogens with zero attached hydrogens (tertiary/aromatic N) is 2. The van der Waals surface area contributed by atoms with E-state index in [4.69, 9.17) is 5.73 Å². The van der Waals surface area contributed by atoms with Crippen LogP contribution in [-0.4, -0.2) is 16.1 Å². The van der Waals surface area contributed by atoms with Crippen molar-refractivity contribution in [3.63, 3.8) is 0 Å². The van der Waals surface area contributed by atoms with Crippen LogP contribution in [0.3, 0.4) is 0 Å². The van der Waals surface area contributed by atoms with Gasteiger partial charge in [0.25, 0.3) is 0 Å². The van der Waals surface area contributed by atoms with Crippen molar-refractivity contribution in [2.24, 2.45) is 5.73 Å². The van der Waals surface area contributed by atoms with Gasteiger partial charge in [-0.25, -0.2) is 4.98 Å². The Morgan fingerprint density at radius 1 is 1.53 bits per heavy atom. The zero-order valence-electron chi connectivity index (χ0n) is 10.4. The van der Waals surface area contributed by atoms with Crippen LogP contribution in [0.4, 0.5) is 0 Å². The zero-order valence-corrected chi connectivity index (χ0v) is 11.2. The summed E-state index contributed by atoms with van der Waals surface area (Å²) in [5.74, 6) is 1.13. The molecule has 1 unspecified atom stereocenters. The topological polar surface area (TPSA) is 43.8 Å². The maximum absolute atomic E-state index is 5.95. The summed E-state index contributed by atoms with van der Waals surface area (Å²) >= 11 is 1.78. The Bertz CT molecular complexity index is 472. The number of hydrogen-bond donors (Lipinski definition) is 1. The van der Waals surface area contributed by atoms with Crippen LogP contribution in [0.1, 0.15) is 35.7 Å². The normalized spacial score (nSPS) is 12.9. The molecule has 0 bridgehead atoms. The van der Waals surface area contributed by atoms with Gasteiger partial charge in [-0.1, -0.05) is 6.92 Å². The van der Waals surface area contributed by atoms with Gasteiger partial charge < -0.3 is 10.3 Å². The number of hydrogen-bond acceptors (Lipinski definition) is 3. The highest BCUT2D eigenvalue weighted by molar-refractivity contribution is 7.10. The molecule has 1 atom stereocenters. The Kier molecular flexibility index (Phi) is 3.97. The molecule has 0 aliphatic heterocycles. The van der Waals surface area contributed by atoms with Gasteiger partial charge in [-0.05, 0) is 30.4 Å². The minimum absolute atomic E-state index is 0.235. The summed E-state index contributed by atoms with van der Waals surface area (Å²) in [5.41, 5.74) is 7.27. The standard InChI is InChI=1S/C13H19N3S/c1-3-4-12-15-6-7-16(12)11(9-14)13-10(2)5-8-17-13/h5-8,11H,3-4,9,14H2,1-2H3. The molecule has 92 valence electrons. The fraction of sp³-hybridized carbons (Fsp3) is 0.462. The Morgan fingerprint density at radius 3 is 2.94 bits per heavy atom. The van der Waals surface area contributed by atoms with Crippen LogP contribution in [0.25, 0.3) is 0 Å². The van der Waals surface area contributed by atoms with Crippen LogP contribution in [0.5, 0.6) is 0 Å². The molecule has 2 aromatic heterocycles. The van der Waals surface area contributed by atoms with Crippen molar-refractivity contribution in [3.05, 3.63) is 40.1 Å². The van der Waals surface area contributed by atoms with Crippen LogP contribution >= 0.6 is 11.3 Å². The molecule has 0 radical (unpaired) electrons. The fourth-order valence-electron chi connectivity index (χ4n) is 2.12. The second-order valence-corrected chi connectivity index (χ2v) is 5.17. The van der Waals surface area contributed by atoms with Crippen molar-refractivity contribution >= 4 is 11.3 Å². The summed E-state index contributed by atoms with van der Waals surface area (Å²) in [6.45, 7) is 4.94. The molecule has 4 heteroatoms. The molecule has 2 N–H and O–H groups in total. The second-order valence-electron chi connectivity index (χ2n) is 4.22. The molecule has 0 saturated heterocycles. The quantitative estimate of drug-likeness (QED) is 0.885. The molecule has 0 aromatic carbocycles. The van der Waals surface area contributed by atoms with Gasteiger partial charge in [-0.3, -0.25) is 0 Å². The SMILES string of the molecule is CCCc1nccn1C(CN)c1sccc1C. The van der Waals surface area contributed by atoms with Crippen LogP contribution < -0.4 is 5.73 Å². The first-order chi connectivity index (χ1) is 8.27. The van der Waals surface area contributed by atoms with E-state index in [1.54, 1.807) is 11.3 Å². The van der Waals surface area contributed by atoms with E-state index in [-0.39, 0.29) is 6.04 Å². The molecule has 0 amide bonds. The average molecular weight is 249 g/mol. The van der Waals surface area contributed by atoms with Gasteiger partial charge in [0.2, 0.25) is 0 Å². The van der Waals surface area contributed by atoms with Gasteiger partial charge in [0.15, 0.2) is 0 Å². The third-order valence-electron chi connectivity index (χ3n) is 2.99. The number of nitrogens with two attached hydrogens (primary N) is 1. The van der Waals surface area contributed by atoms with Crippen molar-refractivity contribution < 1.29 is 0 Å². The predicted octanol–water partition coefficient (Wildman–Crippen LogP) is 2.75. The second kappa shape index (κ2) is 5.47. The van der Waals surface area contributed by atoms with E-state index in [0.717, 1.165) is 18.7 Å². The summed E-state index contributed by atoms with van der Waals surface area (Å²) in [6, 6.07) is 2.39. The van der Waals surface area contributed by atoms with Gasteiger partial charge in [-0.2, -0.15) is 0 Å². The maximum Gasteiger partial charge on any atom is 0.109 e. The summed E-state index contributed by atoms with van der Waals surface area (Å²) < 4.78 is 2.22. The van der Waals surface area contributed by atoms with E-state index < -0.39 is 0 Å². The lowest BCUT2D eigenvalue weighted by molar-refractivity contribution is 0.567. The zero-order chi connectivity index (χ0) is 12.3. The Balaban J connectivity index is 2.35. The lowest BCUT2D eigenvalue weighted by Crippen LogP contribution is -2.21. The van der Waals surface area contributed by atoms with Crippen molar-refractivity contribution in [3.8, 4) is 0 Å². The van der Waals surface area contributed by atoms with Crippen molar-refractivity contribution in [2.75, 3.05) is 6.54 Å². The van der Waals surface area contributed by atoms with Crippen LogP contribution in [0.2, 0.25) is 0 Å². The number of thiophene rings is 1. The first kappa shape index (κ1) is 12.3. The average Bonchev–Trinajstić information content (AvgIpc) is 2.92. The molecule has 0 fully saturated rings. The summed E-state index contributed by atoms with van der Waals surface area (Å²) in [6.07, 6.45) is 6.03. The van der Waals surface area contributed by atoms with Gasteiger partial charge >= 0.3 is 0 Å². The number of aryl methyl sites for hydroxylation is 2.